The Morgan fingerprint density at radius 1 is 1.09 bits per heavy atom. The van der Waals surface area contributed by atoms with Crippen molar-refractivity contribution in [1.29, 1.82) is 0 Å². The van der Waals surface area contributed by atoms with Gasteiger partial charge < -0.3 is 41.2 Å². The molecule has 0 bridgehead atoms. The van der Waals surface area contributed by atoms with Gasteiger partial charge in [0, 0.05) is 30.7 Å². The highest BCUT2D eigenvalue weighted by Crippen LogP contribution is 2.33. The number of aromatic amines is 1. The quantitative estimate of drug-likeness (QED) is 0.103. The van der Waals surface area contributed by atoms with Gasteiger partial charge in [-0.05, 0) is 124 Å². The summed E-state index contributed by atoms with van der Waals surface area (Å²) in [6, 6.07) is 13.5. The molecule has 0 unspecified atom stereocenters. The highest BCUT2D eigenvalue weighted by Gasteiger charge is 2.30. The molecule has 9 heteroatoms. The Bertz CT molecular complexity index is 1270. The number of aromatic nitrogens is 2. The highest BCUT2D eigenvalue weighted by molar-refractivity contribution is 5.42. The number of pyridine rings is 1. The van der Waals surface area contributed by atoms with Crippen molar-refractivity contribution in [3.05, 3.63) is 71.7 Å². The number of nitrogen functional groups attached to an aromatic ring is 1. The molecule has 1 aliphatic rings. The maximum Gasteiger partial charge on any atom is 0.161 e. The third-order valence-electron chi connectivity index (χ3n) is 9.41. The first kappa shape index (κ1) is 34.8. The van der Waals surface area contributed by atoms with E-state index in [1.54, 1.807) is 19.2 Å². The number of nitrogens with zero attached hydrogens (tertiary/aromatic N) is 1. The predicted molar refractivity (Wildman–Crippen MR) is 178 cm³/mol. The Morgan fingerprint density at radius 3 is 2.67 bits per heavy atom. The number of H-pyrrole nitrogens is 1. The standard InChI is InChI=1S/C36H54N4O5/c1-3-25-6-9-29(20-31(17-25)40-23-24(2)41)34(44)22-32(42)10-7-26-8-11-33(43)35(18-26)45-16-13-28(19-30-5-4-14-38-30)27-12-15-39-36(37)21-27/h4-5,8,11-12,14-15,18,21,24-25,28-29,31-32,34,38,40-44H,3,6-7,9-10,13,16-17,19-20,22-23H2,1-2H3,(H2,37,39)/t24-,25-,28+,29+,31-,32+,34+/m0/s1. The third kappa shape index (κ3) is 11.3. The Labute approximate surface area is 268 Å². The van der Waals surface area contributed by atoms with Crippen LogP contribution >= 0.6 is 0 Å². The van der Waals surface area contributed by atoms with Crippen LogP contribution in [0.1, 0.15) is 88.0 Å². The summed E-state index contributed by atoms with van der Waals surface area (Å²) >= 11 is 0. The number of aliphatic hydroxyl groups is 3. The molecule has 0 saturated heterocycles. The lowest BCUT2D eigenvalue weighted by Gasteiger charge is -2.27. The normalized spacial score (nSPS) is 21.5. The molecule has 0 aliphatic heterocycles. The minimum Gasteiger partial charge on any atom is -0.504 e. The monoisotopic (exact) mass is 622 g/mol. The van der Waals surface area contributed by atoms with Gasteiger partial charge in [-0.15, -0.1) is 0 Å². The van der Waals surface area contributed by atoms with Crippen LogP contribution in [0.3, 0.4) is 0 Å². The van der Waals surface area contributed by atoms with Crippen molar-refractivity contribution < 1.29 is 25.2 Å². The van der Waals surface area contributed by atoms with E-state index >= 15 is 0 Å². The van der Waals surface area contributed by atoms with Crippen LogP contribution in [0.2, 0.25) is 0 Å². The minimum absolute atomic E-state index is 0.0845. The Hall–Kier alpha value is -3.11. The maximum atomic E-state index is 11.1. The molecular weight excluding hydrogens is 568 g/mol. The van der Waals surface area contributed by atoms with Crippen molar-refractivity contribution >= 4 is 5.82 Å². The third-order valence-corrected chi connectivity index (χ3v) is 9.41. The molecule has 1 aromatic carbocycles. The SMILES string of the molecule is CC[C@H]1CC[C@@H]([C@H](O)C[C@H](O)CCc2ccc(O)c(OCC[C@H](Cc3ccc[nH]3)c3ccnc(N)c3)c2)C[C@@H](NC[C@H](C)O)C1. The molecule has 0 amide bonds. The second kappa shape index (κ2) is 17.5. The summed E-state index contributed by atoms with van der Waals surface area (Å²) in [6.07, 6.45) is 10.1. The summed E-state index contributed by atoms with van der Waals surface area (Å²) in [5.74, 6) is 1.89. The summed E-state index contributed by atoms with van der Waals surface area (Å²) < 4.78 is 6.07. The lowest BCUT2D eigenvalue weighted by Crippen LogP contribution is -2.38. The summed E-state index contributed by atoms with van der Waals surface area (Å²) in [7, 11) is 0. The molecule has 2 heterocycles. The molecule has 1 saturated carbocycles. The van der Waals surface area contributed by atoms with Crippen LogP contribution in [0.4, 0.5) is 5.82 Å². The zero-order valence-electron chi connectivity index (χ0n) is 26.9. The average Bonchev–Trinajstić information content (AvgIpc) is 3.44. The molecule has 1 aliphatic carbocycles. The van der Waals surface area contributed by atoms with Crippen molar-refractivity contribution in [3.63, 3.8) is 0 Å². The molecule has 9 nitrogen and oxygen atoms in total. The number of nitrogens with two attached hydrogens (primary N) is 1. The Kier molecular flexibility index (Phi) is 13.6. The number of aliphatic hydroxyl groups excluding tert-OH is 3. The number of phenolic OH excluding ortho intramolecular Hbond substituents is 1. The number of benzene rings is 1. The van der Waals surface area contributed by atoms with Crippen LogP contribution in [0, 0.1) is 11.8 Å². The molecular formula is C36H54N4O5. The molecule has 45 heavy (non-hydrogen) atoms. The molecule has 3 aromatic rings. The van der Waals surface area contributed by atoms with E-state index in [-0.39, 0.29) is 23.6 Å². The topological polar surface area (TPSA) is 157 Å². The smallest absolute Gasteiger partial charge is 0.161 e. The van der Waals surface area contributed by atoms with E-state index < -0.39 is 18.3 Å². The average molecular weight is 623 g/mol. The van der Waals surface area contributed by atoms with E-state index in [0.29, 0.717) is 49.9 Å². The van der Waals surface area contributed by atoms with Crippen LogP contribution < -0.4 is 15.8 Å². The van der Waals surface area contributed by atoms with Crippen molar-refractivity contribution in [1.82, 2.24) is 15.3 Å². The number of hydrogen-bond donors (Lipinski definition) is 7. The van der Waals surface area contributed by atoms with Crippen LogP contribution in [0.25, 0.3) is 0 Å². The van der Waals surface area contributed by atoms with E-state index in [1.807, 2.05) is 36.5 Å². The van der Waals surface area contributed by atoms with Crippen LogP contribution in [0.5, 0.6) is 11.5 Å². The van der Waals surface area contributed by atoms with E-state index in [4.69, 9.17) is 10.5 Å². The number of aryl methyl sites for hydroxylation is 1. The Balaban J connectivity index is 1.28. The number of hydrogen-bond acceptors (Lipinski definition) is 8. The number of aromatic hydroxyl groups is 1. The summed E-state index contributed by atoms with van der Waals surface area (Å²) in [4.78, 5) is 7.40. The molecule has 4 rings (SSSR count). The first-order valence-corrected chi connectivity index (χ1v) is 16.8. The molecule has 8 N–H and O–H groups in total. The van der Waals surface area contributed by atoms with Gasteiger partial charge in [-0.25, -0.2) is 4.98 Å². The van der Waals surface area contributed by atoms with Gasteiger partial charge in [0.2, 0.25) is 0 Å². The zero-order valence-corrected chi connectivity index (χ0v) is 26.9. The fourth-order valence-electron chi connectivity index (χ4n) is 6.70. The second-order valence-corrected chi connectivity index (χ2v) is 13.1. The molecule has 0 radical (unpaired) electrons. The van der Waals surface area contributed by atoms with Gasteiger partial charge in [-0.1, -0.05) is 25.8 Å². The fraction of sp³-hybridized carbons (Fsp3) is 0.583. The van der Waals surface area contributed by atoms with E-state index in [0.717, 1.165) is 61.8 Å². The van der Waals surface area contributed by atoms with Gasteiger partial charge in [0.1, 0.15) is 5.82 Å². The van der Waals surface area contributed by atoms with E-state index in [9.17, 15) is 20.4 Å². The van der Waals surface area contributed by atoms with Gasteiger partial charge in [0.05, 0.1) is 24.9 Å². The fourth-order valence-corrected chi connectivity index (χ4v) is 6.70. The van der Waals surface area contributed by atoms with Gasteiger partial charge in [0.15, 0.2) is 11.5 Å². The zero-order chi connectivity index (χ0) is 32.2. The molecule has 1 fully saturated rings. The molecule has 7 atom stereocenters. The number of phenols is 1. The van der Waals surface area contributed by atoms with Gasteiger partial charge in [-0.2, -0.15) is 0 Å². The number of nitrogens with one attached hydrogen (secondary N) is 2. The van der Waals surface area contributed by atoms with Gasteiger partial charge in [0.25, 0.3) is 0 Å². The summed E-state index contributed by atoms with van der Waals surface area (Å²) in [5.41, 5.74) is 9.14. The summed E-state index contributed by atoms with van der Waals surface area (Å²) in [6.45, 7) is 4.97. The Morgan fingerprint density at radius 2 is 1.93 bits per heavy atom. The molecule has 248 valence electrons. The van der Waals surface area contributed by atoms with Crippen molar-refractivity contribution in [3.8, 4) is 11.5 Å². The minimum atomic E-state index is -0.631. The summed E-state index contributed by atoms with van der Waals surface area (Å²) in [5, 5.41) is 45.7. The van der Waals surface area contributed by atoms with E-state index in [1.165, 1.54) is 0 Å². The lowest BCUT2D eigenvalue weighted by molar-refractivity contribution is 0.0327. The molecule has 2 aromatic heterocycles. The van der Waals surface area contributed by atoms with Gasteiger partial charge >= 0.3 is 0 Å². The number of ether oxygens (including phenoxy) is 1. The van der Waals surface area contributed by atoms with Crippen molar-refractivity contribution in [2.24, 2.45) is 11.8 Å². The number of anilines is 1. The largest absolute Gasteiger partial charge is 0.504 e. The number of rotatable bonds is 17. The second-order valence-electron chi connectivity index (χ2n) is 13.1. The van der Waals surface area contributed by atoms with Crippen LogP contribution in [-0.2, 0) is 12.8 Å². The maximum absolute atomic E-state index is 11.1. The van der Waals surface area contributed by atoms with Crippen LogP contribution in [0.15, 0.2) is 54.9 Å². The van der Waals surface area contributed by atoms with Crippen molar-refractivity contribution in [2.75, 3.05) is 18.9 Å². The first-order chi connectivity index (χ1) is 21.7. The lowest BCUT2D eigenvalue weighted by atomic mass is 9.88. The van der Waals surface area contributed by atoms with E-state index in [2.05, 4.69) is 28.3 Å². The van der Waals surface area contributed by atoms with Gasteiger partial charge in [-0.3, -0.25) is 0 Å². The predicted octanol–water partition coefficient (Wildman–Crippen LogP) is 5.09. The van der Waals surface area contributed by atoms with Crippen molar-refractivity contribution in [2.45, 2.75) is 108 Å². The highest BCUT2D eigenvalue weighted by atomic mass is 16.5. The van der Waals surface area contributed by atoms with Crippen LogP contribution in [-0.4, -0.2) is 67.9 Å². The molecule has 0 spiro atoms. The first-order valence-electron chi connectivity index (χ1n) is 16.8.